The van der Waals surface area contributed by atoms with E-state index in [1.807, 2.05) is 31.2 Å². The van der Waals surface area contributed by atoms with Crippen LogP contribution in [0.15, 0.2) is 33.7 Å². The number of hydrogen-bond acceptors (Lipinski definition) is 5. The third kappa shape index (κ3) is 2.74. The van der Waals surface area contributed by atoms with Crippen LogP contribution in [0.4, 0.5) is 0 Å². The highest BCUT2D eigenvalue weighted by molar-refractivity contribution is 7.89. The van der Waals surface area contributed by atoms with Crippen LogP contribution in [0, 0.1) is 13.8 Å². The van der Waals surface area contributed by atoms with E-state index in [9.17, 15) is 8.42 Å². The Morgan fingerprint density at radius 3 is 2.45 bits per heavy atom. The van der Waals surface area contributed by atoms with Gasteiger partial charge in [-0.3, -0.25) is 0 Å². The summed E-state index contributed by atoms with van der Waals surface area (Å²) in [5.41, 5.74) is 1.15. The summed E-state index contributed by atoms with van der Waals surface area (Å²) >= 11 is 0. The molecule has 1 aromatic heterocycles. The molecular weight excluding hydrogens is 304 g/mol. The van der Waals surface area contributed by atoms with Crippen molar-refractivity contribution in [1.82, 2.24) is 9.46 Å². The number of rotatable bonds is 5. The highest BCUT2D eigenvalue weighted by Gasteiger charge is 2.32. The van der Waals surface area contributed by atoms with E-state index in [0.717, 1.165) is 5.56 Å². The summed E-state index contributed by atoms with van der Waals surface area (Å²) in [6, 6.07) is 6.96. The average molecular weight is 324 g/mol. The van der Waals surface area contributed by atoms with Crippen molar-refractivity contribution in [2.45, 2.75) is 31.7 Å². The molecule has 2 aromatic rings. The summed E-state index contributed by atoms with van der Waals surface area (Å²) in [7, 11) is -0.604. The highest BCUT2D eigenvalue weighted by atomic mass is 32.2. The normalized spacial score (nSPS) is 13.4. The van der Waals surface area contributed by atoms with Crippen LogP contribution in [0.25, 0.3) is 0 Å². The number of methoxy groups -OCH3 is 1. The fourth-order valence-corrected chi connectivity index (χ4v) is 4.03. The van der Waals surface area contributed by atoms with E-state index in [2.05, 4.69) is 5.16 Å². The summed E-state index contributed by atoms with van der Waals surface area (Å²) < 4.78 is 37.3. The maximum atomic E-state index is 12.8. The second-order valence-electron chi connectivity index (χ2n) is 5.09. The summed E-state index contributed by atoms with van der Waals surface area (Å²) in [5, 5.41) is 3.73. The molecule has 0 fully saturated rings. The minimum atomic E-state index is -3.71. The van der Waals surface area contributed by atoms with Crippen LogP contribution in [0.3, 0.4) is 0 Å². The van der Waals surface area contributed by atoms with Gasteiger partial charge in [0.05, 0.1) is 13.2 Å². The molecule has 0 aliphatic heterocycles. The van der Waals surface area contributed by atoms with Crippen molar-refractivity contribution in [2.75, 3.05) is 14.2 Å². The third-order valence-electron chi connectivity index (χ3n) is 3.74. The first-order chi connectivity index (χ1) is 10.3. The van der Waals surface area contributed by atoms with E-state index < -0.39 is 16.1 Å². The number of benzene rings is 1. The molecule has 1 atom stereocenters. The van der Waals surface area contributed by atoms with E-state index in [4.69, 9.17) is 9.26 Å². The molecule has 1 heterocycles. The van der Waals surface area contributed by atoms with Gasteiger partial charge in [-0.2, -0.15) is 4.31 Å². The molecule has 6 nitrogen and oxygen atoms in total. The third-order valence-corrected chi connectivity index (χ3v) is 5.91. The number of ether oxygens (including phenoxy) is 1. The van der Waals surface area contributed by atoms with Gasteiger partial charge in [0.25, 0.3) is 0 Å². The van der Waals surface area contributed by atoms with Crippen molar-refractivity contribution in [1.29, 1.82) is 0 Å². The van der Waals surface area contributed by atoms with E-state index in [-0.39, 0.29) is 10.7 Å². The lowest BCUT2D eigenvalue weighted by Crippen LogP contribution is -2.30. The first-order valence-electron chi connectivity index (χ1n) is 6.84. The number of para-hydroxylation sites is 1. The van der Waals surface area contributed by atoms with Crippen LogP contribution in [-0.2, 0) is 10.0 Å². The largest absolute Gasteiger partial charge is 0.496 e. The Labute approximate surface area is 130 Å². The van der Waals surface area contributed by atoms with Crippen molar-refractivity contribution in [3.63, 3.8) is 0 Å². The topological polar surface area (TPSA) is 72.6 Å². The Bertz CT molecular complexity index is 748. The monoisotopic (exact) mass is 324 g/mol. The second-order valence-corrected chi connectivity index (χ2v) is 7.03. The molecule has 0 bridgehead atoms. The summed E-state index contributed by atoms with van der Waals surface area (Å²) in [5.74, 6) is 0.937. The second kappa shape index (κ2) is 6.10. The van der Waals surface area contributed by atoms with E-state index in [1.165, 1.54) is 4.31 Å². The number of nitrogens with zero attached hydrogens (tertiary/aromatic N) is 2. The molecule has 120 valence electrons. The fraction of sp³-hybridized carbons (Fsp3) is 0.400. The zero-order chi connectivity index (χ0) is 16.5. The van der Waals surface area contributed by atoms with Crippen LogP contribution in [-0.4, -0.2) is 32.0 Å². The van der Waals surface area contributed by atoms with Crippen LogP contribution in [0.1, 0.15) is 30.0 Å². The lowest BCUT2D eigenvalue weighted by molar-refractivity contribution is 0.365. The smallest absolute Gasteiger partial charge is 0.248 e. The van der Waals surface area contributed by atoms with Gasteiger partial charge < -0.3 is 9.26 Å². The molecule has 0 spiro atoms. The maximum Gasteiger partial charge on any atom is 0.248 e. The van der Waals surface area contributed by atoms with Crippen molar-refractivity contribution in [3.05, 3.63) is 41.3 Å². The van der Waals surface area contributed by atoms with Gasteiger partial charge in [-0.15, -0.1) is 0 Å². The Morgan fingerprint density at radius 1 is 1.27 bits per heavy atom. The molecule has 1 aromatic carbocycles. The standard InChI is InChI=1S/C15H20N2O4S/c1-10-15(12(3)21-16-10)22(18,19)17(4)11(2)13-8-6-7-9-14(13)20-5/h6-9,11H,1-5H3/t11-/m1/s1. The number of hydrogen-bond donors (Lipinski definition) is 0. The van der Waals surface area contributed by atoms with E-state index in [0.29, 0.717) is 11.4 Å². The van der Waals surface area contributed by atoms with Gasteiger partial charge >= 0.3 is 0 Å². The molecule has 0 amide bonds. The van der Waals surface area contributed by atoms with Crippen molar-refractivity contribution in [3.8, 4) is 5.75 Å². The van der Waals surface area contributed by atoms with Crippen molar-refractivity contribution >= 4 is 10.0 Å². The minimum absolute atomic E-state index is 0.122. The molecule has 0 N–H and O–H groups in total. The SMILES string of the molecule is COc1ccccc1[C@@H](C)N(C)S(=O)(=O)c1c(C)noc1C. The molecule has 0 radical (unpaired) electrons. The average Bonchev–Trinajstić information content (AvgIpc) is 2.85. The van der Waals surface area contributed by atoms with Gasteiger partial charge in [-0.1, -0.05) is 23.4 Å². The zero-order valence-corrected chi connectivity index (χ0v) is 14.1. The molecular formula is C15H20N2O4S. The Morgan fingerprint density at radius 2 is 1.91 bits per heavy atom. The molecule has 2 rings (SSSR count). The van der Waals surface area contributed by atoms with Crippen molar-refractivity contribution < 1.29 is 17.7 Å². The fourth-order valence-electron chi connectivity index (χ4n) is 2.40. The molecule has 7 heteroatoms. The maximum absolute atomic E-state index is 12.8. The predicted octanol–water partition coefficient (Wildman–Crippen LogP) is 2.68. The molecule has 0 unspecified atom stereocenters. The molecule has 0 saturated heterocycles. The van der Waals surface area contributed by atoms with Crippen LogP contribution >= 0.6 is 0 Å². The number of aromatic nitrogens is 1. The predicted molar refractivity (Wildman–Crippen MR) is 82.3 cm³/mol. The summed E-state index contributed by atoms with van der Waals surface area (Å²) in [4.78, 5) is 0.122. The first-order valence-corrected chi connectivity index (χ1v) is 8.28. The van der Waals surface area contributed by atoms with Crippen LogP contribution in [0.2, 0.25) is 0 Å². The Hall–Kier alpha value is -1.86. The van der Waals surface area contributed by atoms with Gasteiger partial charge in [0, 0.05) is 12.6 Å². The van der Waals surface area contributed by atoms with Gasteiger partial charge in [0.1, 0.15) is 16.3 Å². The highest BCUT2D eigenvalue weighted by Crippen LogP contribution is 2.33. The van der Waals surface area contributed by atoms with Gasteiger partial charge in [-0.25, -0.2) is 8.42 Å². The van der Waals surface area contributed by atoms with Crippen LogP contribution in [0.5, 0.6) is 5.75 Å². The quantitative estimate of drug-likeness (QED) is 0.845. The minimum Gasteiger partial charge on any atom is -0.496 e. The Balaban J connectivity index is 2.44. The van der Waals surface area contributed by atoms with Crippen LogP contribution < -0.4 is 4.74 Å². The summed E-state index contributed by atoms with van der Waals surface area (Å²) in [6.07, 6.45) is 0. The zero-order valence-electron chi connectivity index (χ0n) is 13.3. The molecule has 22 heavy (non-hydrogen) atoms. The lowest BCUT2D eigenvalue weighted by Gasteiger charge is -2.25. The molecule has 0 aliphatic carbocycles. The van der Waals surface area contributed by atoms with E-state index in [1.54, 1.807) is 28.0 Å². The Kier molecular flexibility index (Phi) is 4.58. The number of aryl methyl sites for hydroxylation is 2. The van der Waals surface area contributed by atoms with Gasteiger partial charge in [0.2, 0.25) is 10.0 Å². The summed E-state index contributed by atoms with van der Waals surface area (Å²) in [6.45, 7) is 5.02. The van der Waals surface area contributed by atoms with Gasteiger partial charge in [-0.05, 0) is 26.8 Å². The first kappa shape index (κ1) is 16.5. The van der Waals surface area contributed by atoms with E-state index >= 15 is 0 Å². The number of sulfonamides is 1. The van der Waals surface area contributed by atoms with Crippen molar-refractivity contribution in [2.24, 2.45) is 0 Å². The molecule has 0 aliphatic rings. The molecule has 0 saturated carbocycles. The lowest BCUT2D eigenvalue weighted by atomic mass is 10.1. The van der Waals surface area contributed by atoms with Gasteiger partial charge in [0.15, 0.2) is 5.76 Å².